The zero-order valence-corrected chi connectivity index (χ0v) is 11.9. The van der Waals surface area contributed by atoms with Gasteiger partial charge >= 0.3 is 0 Å². The van der Waals surface area contributed by atoms with Crippen LogP contribution in [0.5, 0.6) is 0 Å². The Morgan fingerprint density at radius 3 is 2.81 bits per heavy atom. The molecule has 0 saturated heterocycles. The van der Waals surface area contributed by atoms with Crippen LogP contribution in [0.25, 0.3) is 11.3 Å². The molecular formula is C15H13F2N3S. The molecule has 2 rings (SSSR count). The number of aromatic nitrogens is 1. The third-order valence-electron chi connectivity index (χ3n) is 2.65. The van der Waals surface area contributed by atoms with Crippen molar-refractivity contribution in [2.24, 2.45) is 4.99 Å². The second kappa shape index (κ2) is 6.90. The lowest BCUT2D eigenvalue weighted by Crippen LogP contribution is -1.89. The van der Waals surface area contributed by atoms with Crippen molar-refractivity contribution in [2.75, 3.05) is 5.73 Å². The van der Waals surface area contributed by atoms with Gasteiger partial charge in [-0.15, -0.1) is 11.3 Å². The van der Waals surface area contributed by atoms with Crippen molar-refractivity contribution in [3.63, 3.8) is 0 Å². The van der Waals surface area contributed by atoms with Crippen molar-refractivity contribution in [3.8, 4) is 11.3 Å². The molecule has 3 nitrogen and oxygen atoms in total. The molecule has 0 atom stereocenters. The molecule has 0 saturated carbocycles. The van der Waals surface area contributed by atoms with Crippen LogP contribution in [-0.2, 0) is 6.42 Å². The molecule has 1 aromatic carbocycles. The SMILES string of the molecule is C=N/C=C\C=C/Cc1sc(N)nc1-c1ccc(F)c(F)c1. The highest BCUT2D eigenvalue weighted by Gasteiger charge is 2.12. The molecule has 2 N–H and O–H groups in total. The van der Waals surface area contributed by atoms with Gasteiger partial charge in [-0.25, -0.2) is 13.8 Å². The molecule has 1 aromatic heterocycles. The summed E-state index contributed by atoms with van der Waals surface area (Å²) in [7, 11) is 0. The van der Waals surface area contributed by atoms with Gasteiger partial charge in [-0.1, -0.05) is 12.2 Å². The van der Waals surface area contributed by atoms with E-state index >= 15 is 0 Å². The van der Waals surface area contributed by atoms with E-state index < -0.39 is 11.6 Å². The maximum Gasteiger partial charge on any atom is 0.180 e. The van der Waals surface area contributed by atoms with Crippen molar-refractivity contribution in [1.82, 2.24) is 4.98 Å². The molecule has 0 spiro atoms. The molecule has 0 aliphatic heterocycles. The maximum absolute atomic E-state index is 13.3. The van der Waals surface area contributed by atoms with Crippen molar-refractivity contribution in [3.05, 3.63) is 59.1 Å². The molecule has 6 heteroatoms. The quantitative estimate of drug-likeness (QED) is 0.671. The van der Waals surface area contributed by atoms with Gasteiger partial charge in [-0.3, -0.25) is 4.99 Å². The fraction of sp³-hybridized carbons (Fsp3) is 0.0667. The second-order valence-electron chi connectivity index (χ2n) is 4.11. The molecule has 0 unspecified atom stereocenters. The first-order valence-corrected chi connectivity index (χ1v) is 6.91. The van der Waals surface area contributed by atoms with Crippen LogP contribution in [0.15, 0.2) is 47.6 Å². The molecule has 0 amide bonds. The van der Waals surface area contributed by atoms with Gasteiger partial charge in [0.15, 0.2) is 16.8 Å². The van der Waals surface area contributed by atoms with E-state index in [0.717, 1.165) is 17.0 Å². The largest absolute Gasteiger partial charge is 0.375 e. The maximum atomic E-state index is 13.3. The summed E-state index contributed by atoms with van der Waals surface area (Å²) in [5.74, 6) is -1.79. The molecule has 2 aromatic rings. The van der Waals surface area contributed by atoms with Crippen molar-refractivity contribution in [2.45, 2.75) is 6.42 Å². The summed E-state index contributed by atoms with van der Waals surface area (Å²) in [6.45, 7) is 3.33. The van der Waals surface area contributed by atoms with Crippen LogP contribution < -0.4 is 5.73 Å². The molecule has 0 aliphatic carbocycles. The Labute approximate surface area is 125 Å². The normalized spacial score (nSPS) is 11.5. The van der Waals surface area contributed by atoms with Gasteiger partial charge in [0.05, 0.1) is 5.69 Å². The summed E-state index contributed by atoms with van der Waals surface area (Å²) in [4.78, 5) is 8.66. The Balaban J connectivity index is 2.27. The van der Waals surface area contributed by atoms with Crippen LogP contribution in [0.1, 0.15) is 4.88 Å². The number of hydrogen-bond acceptors (Lipinski definition) is 4. The summed E-state index contributed by atoms with van der Waals surface area (Å²) in [6.07, 6.45) is 7.62. The summed E-state index contributed by atoms with van der Waals surface area (Å²) < 4.78 is 26.3. The third-order valence-corrected chi connectivity index (χ3v) is 3.56. The van der Waals surface area contributed by atoms with Crippen LogP contribution >= 0.6 is 11.3 Å². The van der Waals surface area contributed by atoms with Crippen LogP contribution in [0.2, 0.25) is 0 Å². The lowest BCUT2D eigenvalue weighted by atomic mass is 10.1. The van der Waals surface area contributed by atoms with Gasteiger partial charge in [0, 0.05) is 23.1 Å². The zero-order valence-electron chi connectivity index (χ0n) is 11.1. The molecule has 0 radical (unpaired) electrons. The summed E-state index contributed by atoms with van der Waals surface area (Å²) >= 11 is 1.32. The Bertz CT molecular complexity index is 705. The third kappa shape index (κ3) is 3.82. The van der Waals surface area contributed by atoms with Gasteiger partial charge in [0.25, 0.3) is 0 Å². The van der Waals surface area contributed by atoms with E-state index in [4.69, 9.17) is 5.73 Å². The van der Waals surface area contributed by atoms with E-state index in [9.17, 15) is 8.78 Å². The standard InChI is InChI=1S/C15H13F2N3S/c1-19-8-4-2-3-5-13-14(20-15(18)21-13)10-6-7-11(16)12(17)9-10/h2-4,6-9H,1,5H2,(H2,18,20)/b3-2-,8-4-. The van der Waals surface area contributed by atoms with E-state index in [0.29, 0.717) is 22.8 Å². The van der Waals surface area contributed by atoms with Crippen LogP contribution in [0.4, 0.5) is 13.9 Å². The van der Waals surface area contributed by atoms with Crippen molar-refractivity contribution < 1.29 is 8.78 Å². The van der Waals surface area contributed by atoms with Gasteiger partial charge in [-0.05, 0) is 31.0 Å². The minimum absolute atomic E-state index is 0.390. The number of nitrogen functional groups attached to an aromatic ring is 1. The number of halogens is 2. The number of allylic oxidation sites excluding steroid dienone is 3. The average molecular weight is 305 g/mol. The molecular weight excluding hydrogens is 292 g/mol. The average Bonchev–Trinajstić information content (AvgIpc) is 2.83. The highest BCUT2D eigenvalue weighted by molar-refractivity contribution is 7.15. The summed E-state index contributed by atoms with van der Waals surface area (Å²) in [5, 5.41) is 0.390. The number of nitrogens with two attached hydrogens (primary N) is 1. The minimum atomic E-state index is -0.902. The Morgan fingerprint density at radius 1 is 1.29 bits per heavy atom. The van der Waals surface area contributed by atoms with E-state index in [1.165, 1.54) is 17.4 Å². The van der Waals surface area contributed by atoms with Gasteiger partial charge in [-0.2, -0.15) is 0 Å². The number of aliphatic imine (C=N–C) groups is 1. The highest BCUT2D eigenvalue weighted by atomic mass is 32.1. The number of benzene rings is 1. The Kier molecular flexibility index (Phi) is 4.94. The minimum Gasteiger partial charge on any atom is -0.375 e. The molecule has 1 heterocycles. The Hall–Kier alpha value is -2.34. The summed E-state index contributed by atoms with van der Waals surface area (Å²) in [6, 6.07) is 3.69. The number of hydrogen-bond donors (Lipinski definition) is 1. The van der Waals surface area contributed by atoms with Crippen LogP contribution in [-0.4, -0.2) is 11.7 Å². The van der Waals surface area contributed by atoms with Gasteiger partial charge in [0.1, 0.15) is 0 Å². The van der Waals surface area contributed by atoms with Gasteiger partial charge in [0.2, 0.25) is 0 Å². The Morgan fingerprint density at radius 2 is 2.10 bits per heavy atom. The smallest absolute Gasteiger partial charge is 0.180 e. The summed E-state index contributed by atoms with van der Waals surface area (Å²) in [5.41, 5.74) is 6.80. The lowest BCUT2D eigenvalue weighted by molar-refractivity contribution is 0.509. The van der Waals surface area contributed by atoms with Crippen molar-refractivity contribution in [1.29, 1.82) is 0 Å². The number of anilines is 1. The van der Waals surface area contributed by atoms with E-state index in [2.05, 4.69) is 16.7 Å². The first kappa shape index (κ1) is 15.1. The lowest BCUT2D eigenvalue weighted by Gasteiger charge is -2.01. The fourth-order valence-electron chi connectivity index (χ4n) is 1.74. The first-order valence-electron chi connectivity index (χ1n) is 6.10. The number of thiazole rings is 1. The zero-order chi connectivity index (χ0) is 15.2. The molecule has 21 heavy (non-hydrogen) atoms. The number of rotatable bonds is 5. The topological polar surface area (TPSA) is 51.3 Å². The molecule has 0 bridgehead atoms. The van der Waals surface area contributed by atoms with E-state index in [1.54, 1.807) is 12.3 Å². The predicted octanol–water partition coefficient (Wildman–Crippen LogP) is 3.98. The number of nitrogens with zero attached hydrogens (tertiary/aromatic N) is 2. The first-order chi connectivity index (χ1) is 10.1. The predicted molar refractivity (Wildman–Crippen MR) is 83.4 cm³/mol. The van der Waals surface area contributed by atoms with Crippen molar-refractivity contribution >= 4 is 23.2 Å². The van der Waals surface area contributed by atoms with Crippen LogP contribution in [0, 0.1) is 11.6 Å². The molecule has 108 valence electrons. The fourth-order valence-corrected chi connectivity index (χ4v) is 2.57. The molecule has 0 fully saturated rings. The van der Waals surface area contributed by atoms with Gasteiger partial charge < -0.3 is 5.73 Å². The highest BCUT2D eigenvalue weighted by Crippen LogP contribution is 2.31. The second-order valence-corrected chi connectivity index (χ2v) is 5.22. The monoisotopic (exact) mass is 305 g/mol. The van der Waals surface area contributed by atoms with E-state index in [1.807, 2.05) is 12.2 Å². The van der Waals surface area contributed by atoms with E-state index in [-0.39, 0.29) is 0 Å². The molecule has 0 aliphatic rings. The van der Waals surface area contributed by atoms with Crippen LogP contribution in [0.3, 0.4) is 0 Å².